The predicted octanol–water partition coefficient (Wildman–Crippen LogP) is -0.875. The summed E-state index contributed by atoms with van der Waals surface area (Å²) in [5.41, 5.74) is 6.23. The number of H-pyrrole nitrogens is 1. The molecule has 16 heavy (non-hydrogen) atoms. The number of piperazine rings is 1. The van der Waals surface area contributed by atoms with E-state index in [1.807, 2.05) is 11.9 Å². The molecule has 2 heterocycles. The van der Waals surface area contributed by atoms with Crippen LogP contribution in [0.4, 0.5) is 0 Å². The van der Waals surface area contributed by atoms with E-state index in [2.05, 4.69) is 15.1 Å². The largest absolute Gasteiger partial charge is 0.331 e. The first-order valence-corrected chi connectivity index (χ1v) is 5.41. The minimum atomic E-state index is -0.0129. The molecule has 0 aliphatic carbocycles. The lowest BCUT2D eigenvalue weighted by Gasteiger charge is -2.39. The second-order valence-corrected chi connectivity index (χ2v) is 4.12. The van der Waals surface area contributed by atoms with E-state index in [4.69, 9.17) is 5.73 Å². The molecule has 1 aromatic heterocycles. The van der Waals surface area contributed by atoms with Crippen LogP contribution in [-0.2, 0) is 0 Å². The van der Waals surface area contributed by atoms with Gasteiger partial charge in [-0.2, -0.15) is 5.10 Å². The van der Waals surface area contributed by atoms with Crippen LogP contribution in [-0.4, -0.2) is 65.2 Å². The topological polar surface area (TPSA) is 78.2 Å². The van der Waals surface area contributed by atoms with Gasteiger partial charge in [0.05, 0.1) is 6.04 Å². The third kappa shape index (κ3) is 2.07. The highest BCUT2D eigenvalue weighted by molar-refractivity contribution is 5.92. The van der Waals surface area contributed by atoms with Crippen molar-refractivity contribution in [1.82, 2.24) is 20.0 Å². The predicted molar refractivity (Wildman–Crippen MR) is 60.0 cm³/mol. The fourth-order valence-electron chi connectivity index (χ4n) is 2.01. The minimum absolute atomic E-state index is 0.0129. The number of aromatic amines is 1. The second-order valence-electron chi connectivity index (χ2n) is 4.12. The molecule has 1 aromatic rings. The van der Waals surface area contributed by atoms with Crippen molar-refractivity contribution in [3.63, 3.8) is 0 Å². The van der Waals surface area contributed by atoms with Crippen LogP contribution in [0.2, 0.25) is 0 Å². The molecule has 0 aromatic carbocycles. The third-order valence-corrected chi connectivity index (χ3v) is 2.95. The Morgan fingerprint density at radius 3 is 3.12 bits per heavy atom. The van der Waals surface area contributed by atoms with Crippen molar-refractivity contribution in [3.05, 3.63) is 18.0 Å². The molecule has 1 fully saturated rings. The third-order valence-electron chi connectivity index (χ3n) is 2.95. The lowest BCUT2D eigenvalue weighted by Crippen LogP contribution is -2.56. The van der Waals surface area contributed by atoms with Crippen LogP contribution in [0.3, 0.4) is 0 Å². The normalized spacial score (nSPS) is 22.4. The number of carbonyl (C=O) groups is 1. The maximum atomic E-state index is 12.1. The number of hydrogen-bond acceptors (Lipinski definition) is 4. The van der Waals surface area contributed by atoms with Gasteiger partial charge < -0.3 is 15.5 Å². The van der Waals surface area contributed by atoms with Gasteiger partial charge in [0.1, 0.15) is 5.69 Å². The van der Waals surface area contributed by atoms with Gasteiger partial charge in [0, 0.05) is 32.4 Å². The number of likely N-dealkylation sites (N-methyl/N-ethyl adjacent to an activating group) is 1. The van der Waals surface area contributed by atoms with E-state index in [-0.39, 0.29) is 11.9 Å². The number of amides is 1. The summed E-state index contributed by atoms with van der Waals surface area (Å²) >= 11 is 0. The maximum absolute atomic E-state index is 12.1. The molecule has 0 saturated carbocycles. The van der Waals surface area contributed by atoms with Gasteiger partial charge in [-0.1, -0.05) is 0 Å². The molecule has 1 aliphatic rings. The first-order valence-electron chi connectivity index (χ1n) is 5.41. The van der Waals surface area contributed by atoms with Crippen molar-refractivity contribution >= 4 is 5.91 Å². The van der Waals surface area contributed by atoms with Gasteiger partial charge in [0.2, 0.25) is 0 Å². The summed E-state index contributed by atoms with van der Waals surface area (Å²) in [6.45, 7) is 2.92. The zero-order valence-corrected chi connectivity index (χ0v) is 9.39. The van der Waals surface area contributed by atoms with Crippen molar-refractivity contribution in [2.75, 3.05) is 33.2 Å². The van der Waals surface area contributed by atoms with Crippen molar-refractivity contribution in [1.29, 1.82) is 0 Å². The first kappa shape index (κ1) is 11.1. The highest BCUT2D eigenvalue weighted by Gasteiger charge is 2.29. The van der Waals surface area contributed by atoms with Crippen molar-refractivity contribution < 1.29 is 4.79 Å². The van der Waals surface area contributed by atoms with Crippen LogP contribution in [0.25, 0.3) is 0 Å². The Bertz CT molecular complexity index is 350. The molecule has 0 bridgehead atoms. The number of nitrogens with one attached hydrogen (secondary N) is 1. The minimum Gasteiger partial charge on any atom is -0.331 e. The van der Waals surface area contributed by atoms with E-state index in [0.717, 1.165) is 19.6 Å². The number of carbonyl (C=O) groups excluding carboxylic acids is 1. The quantitative estimate of drug-likeness (QED) is 0.683. The van der Waals surface area contributed by atoms with E-state index in [9.17, 15) is 4.79 Å². The molecular formula is C10H17N5O. The Labute approximate surface area is 94.4 Å². The van der Waals surface area contributed by atoms with Crippen LogP contribution in [0, 0.1) is 0 Å². The number of hydrogen-bond donors (Lipinski definition) is 2. The van der Waals surface area contributed by atoms with Crippen LogP contribution in [0.1, 0.15) is 10.5 Å². The fourth-order valence-corrected chi connectivity index (χ4v) is 2.01. The molecule has 1 amide bonds. The number of aromatic nitrogens is 2. The summed E-state index contributed by atoms with van der Waals surface area (Å²) in [5, 5.41) is 6.48. The van der Waals surface area contributed by atoms with Gasteiger partial charge in [0.25, 0.3) is 5.91 Å². The first-order chi connectivity index (χ1) is 7.72. The van der Waals surface area contributed by atoms with Crippen LogP contribution in [0.15, 0.2) is 12.3 Å². The molecule has 1 saturated heterocycles. The SMILES string of the molecule is CN1CCN(C(=O)c2ccn[nH]2)C(CN)C1. The molecule has 6 heteroatoms. The Morgan fingerprint density at radius 1 is 1.69 bits per heavy atom. The molecule has 1 unspecified atom stereocenters. The van der Waals surface area contributed by atoms with E-state index >= 15 is 0 Å². The summed E-state index contributed by atoms with van der Waals surface area (Å²) in [6.07, 6.45) is 1.58. The summed E-state index contributed by atoms with van der Waals surface area (Å²) in [7, 11) is 2.04. The average Bonchev–Trinajstić information content (AvgIpc) is 2.81. The summed E-state index contributed by atoms with van der Waals surface area (Å²) in [6, 6.07) is 1.78. The molecule has 6 nitrogen and oxygen atoms in total. The Balaban J connectivity index is 2.10. The van der Waals surface area contributed by atoms with E-state index < -0.39 is 0 Å². The Hall–Kier alpha value is -1.40. The summed E-state index contributed by atoms with van der Waals surface area (Å²) in [5.74, 6) is -0.0129. The van der Waals surface area contributed by atoms with Crippen LogP contribution >= 0.6 is 0 Å². The highest BCUT2D eigenvalue weighted by Crippen LogP contribution is 2.11. The molecular weight excluding hydrogens is 206 g/mol. The monoisotopic (exact) mass is 223 g/mol. The number of nitrogens with zero attached hydrogens (tertiary/aromatic N) is 3. The van der Waals surface area contributed by atoms with Gasteiger partial charge >= 0.3 is 0 Å². The fraction of sp³-hybridized carbons (Fsp3) is 0.600. The zero-order valence-electron chi connectivity index (χ0n) is 9.39. The Morgan fingerprint density at radius 2 is 2.50 bits per heavy atom. The standard InChI is InChI=1S/C10H17N5O/c1-14-4-5-15(8(6-11)7-14)10(16)9-2-3-12-13-9/h2-3,8H,4-7,11H2,1H3,(H,12,13). The molecule has 1 atom stereocenters. The summed E-state index contributed by atoms with van der Waals surface area (Å²) < 4.78 is 0. The lowest BCUT2D eigenvalue weighted by molar-refractivity contribution is 0.0510. The van der Waals surface area contributed by atoms with E-state index in [1.165, 1.54) is 0 Å². The molecule has 88 valence electrons. The average molecular weight is 223 g/mol. The van der Waals surface area contributed by atoms with Gasteiger partial charge in [-0.05, 0) is 13.1 Å². The van der Waals surface area contributed by atoms with Crippen LogP contribution < -0.4 is 5.73 Å². The lowest BCUT2D eigenvalue weighted by atomic mass is 10.1. The smallest absolute Gasteiger partial charge is 0.272 e. The number of nitrogens with two attached hydrogens (primary N) is 1. The van der Waals surface area contributed by atoms with Gasteiger partial charge in [-0.15, -0.1) is 0 Å². The zero-order chi connectivity index (χ0) is 11.5. The highest BCUT2D eigenvalue weighted by atomic mass is 16.2. The van der Waals surface area contributed by atoms with E-state index in [0.29, 0.717) is 12.2 Å². The van der Waals surface area contributed by atoms with Crippen molar-refractivity contribution in [2.24, 2.45) is 5.73 Å². The maximum Gasteiger partial charge on any atom is 0.272 e. The van der Waals surface area contributed by atoms with Gasteiger partial charge in [0.15, 0.2) is 0 Å². The van der Waals surface area contributed by atoms with Gasteiger partial charge in [-0.3, -0.25) is 9.89 Å². The van der Waals surface area contributed by atoms with Crippen molar-refractivity contribution in [3.8, 4) is 0 Å². The van der Waals surface area contributed by atoms with Crippen molar-refractivity contribution in [2.45, 2.75) is 6.04 Å². The van der Waals surface area contributed by atoms with Crippen LogP contribution in [0.5, 0.6) is 0 Å². The van der Waals surface area contributed by atoms with E-state index in [1.54, 1.807) is 12.3 Å². The molecule has 2 rings (SSSR count). The molecule has 3 N–H and O–H groups in total. The van der Waals surface area contributed by atoms with Gasteiger partial charge in [-0.25, -0.2) is 0 Å². The molecule has 0 spiro atoms. The number of rotatable bonds is 2. The molecule has 0 radical (unpaired) electrons. The second kappa shape index (κ2) is 4.63. The Kier molecular flexibility index (Phi) is 3.21. The molecule has 1 aliphatic heterocycles. The summed E-state index contributed by atoms with van der Waals surface area (Å²) in [4.78, 5) is 16.1.